The maximum Gasteiger partial charge on any atom is 0.117 e. The van der Waals surface area contributed by atoms with Crippen LogP contribution in [-0.2, 0) is 6.42 Å². The highest BCUT2D eigenvalue weighted by Crippen LogP contribution is 2.20. The number of hydrogen-bond acceptors (Lipinski definition) is 2. The maximum absolute atomic E-state index is 9.31. The molecule has 1 aromatic rings. The van der Waals surface area contributed by atoms with Gasteiger partial charge in [-0.3, -0.25) is 0 Å². The van der Waals surface area contributed by atoms with Gasteiger partial charge < -0.3 is 10.4 Å². The molecule has 1 rings (SSSR count). The first kappa shape index (κ1) is 8.91. The predicted octanol–water partition coefficient (Wildman–Crippen LogP) is 2.39. The lowest BCUT2D eigenvalue weighted by molar-refractivity contribution is 0.475. The highest BCUT2D eigenvalue weighted by atomic mass is 16.3. The molecule has 0 radical (unpaired) electrons. The van der Waals surface area contributed by atoms with E-state index < -0.39 is 0 Å². The van der Waals surface area contributed by atoms with Crippen molar-refractivity contribution in [3.63, 3.8) is 0 Å². The molecule has 66 valence electrons. The van der Waals surface area contributed by atoms with Crippen molar-refractivity contribution >= 4 is 5.69 Å². The van der Waals surface area contributed by atoms with Gasteiger partial charge in [0.05, 0.1) is 0 Å². The number of rotatable bonds is 3. The first-order valence-electron chi connectivity index (χ1n) is 4.27. The number of phenolic OH excluding ortho intramolecular Hbond substituents is 1. The van der Waals surface area contributed by atoms with Crippen LogP contribution < -0.4 is 5.32 Å². The Morgan fingerprint density at radius 3 is 2.67 bits per heavy atom. The van der Waals surface area contributed by atoms with Crippen LogP contribution in [0.1, 0.15) is 18.9 Å². The van der Waals surface area contributed by atoms with Gasteiger partial charge in [0.25, 0.3) is 0 Å². The Kier molecular flexibility index (Phi) is 2.97. The normalized spacial score (nSPS) is 9.83. The monoisotopic (exact) mass is 165 g/mol. The quantitative estimate of drug-likeness (QED) is 0.720. The minimum absolute atomic E-state index is 0.338. The van der Waals surface area contributed by atoms with Crippen molar-refractivity contribution in [2.45, 2.75) is 19.8 Å². The zero-order valence-corrected chi connectivity index (χ0v) is 7.59. The minimum Gasteiger partial charge on any atom is -0.508 e. The first-order chi connectivity index (χ1) is 5.76. The van der Waals surface area contributed by atoms with E-state index in [0.29, 0.717) is 5.75 Å². The molecule has 0 aliphatic heterocycles. The molecule has 0 unspecified atom stereocenters. The molecule has 0 saturated carbocycles. The third-order valence-corrected chi connectivity index (χ3v) is 1.80. The summed E-state index contributed by atoms with van der Waals surface area (Å²) in [4.78, 5) is 0. The number of nitrogens with one attached hydrogen (secondary N) is 1. The van der Waals surface area contributed by atoms with Crippen LogP contribution in [0.3, 0.4) is 0 Å². The smallest absolute Gasteiger partial charge is 0.117 e. The van der Waals surface area contributed by atoms with Crippen molar-refractivity contribution in [3.8, 4) is 5.75 Å². The molecule has 12 heavy (non-hydrogen) atoms. The number of aryl methyl sites for hydroxylation is 1. The van der Waals surface area contributed by atoms with Crippen LogP contribution in [0, 0.1) is 0 Å². The summed E-state index contributed by atoms with van der Waals surface area (Å²) in [6, 6.07) is 5.59. The Hall–Kier alpha value is -1.18. The van der Waals surface area contributed by atoms with Crippen molar-refractivity contribution in [1.29, 1.82) is 0 Å². The molecule has 0 saturated heterocycles. The Morgan fingerprint density at radius 2 is 2.08 bits per heavy atom. The van der Waals surface area contributed by atoms with Crippen LogP contribution >= 0.6 is 0 Å². The lowest BCUT2D eigenvalue weighted by Crippen LogP contribution is -1.90. The SMILES string of the molecule is CCCc1cc(O)cc(NC)c1. The molecule has 2 N–H and O–H groups in total. The average Bonchev–Trinajstić information content (AvgIpc) is 2.04. The standard InChI is InChI=1S/C10H15NO/c1-3-4-8-5-9(11-2)7-10(12)6-8/h5-7,11-12H,3-4H2,1-2H3. The fourth-order valence-corrected chi connectivity index (χ4v) is 1.25. The van der Waals surface area contributed by atoms with Crippen LogP contribution in [0.15, 0.2) is 18.2 Å². The van der Waals surface area contributed by atoms with Gasteiger partial charge in [0, 0.05) is 18.8 Å². The molecule has 0 aliphatic carbocycles. The lowest BCUT2D eigenvalue weighted by Gasteiger charge is -2.04. The third kappa shape index (κ3) is 2.16. The van der Waals surface area contributed by atoms with Gasteiger partial charge in [-0.2, -0.15) is 0 Å². The summed E-state index contributed by atoms with van der Waals surface area (Å²) >= 11 is 0. The van der Waals surface area contributed by atoms with E-state index in [1.165, 1.54) is 5.56 Å². The molecule has 0 atom stereocenters. The van der Waals surface area contributed by atoms with E-state index in [-0.39, 0.29) is 0 Å². The topological polar surface area (TPSA) is 32.3 Å². The van der Waals surface area contributed by atoms with Crippen molar-refractivity contribution < 1.29 is 5.11 Å². The van der Waals surface area contributed by atoms with Gasteiger partial charge in [0.15, 0.2) is 0 Å². The van der Waals surface area contributed by atoms with Crippen molar-refractivity contribution in [1.82, 2.24) is 0 Å². The molecule has 0 spiro atoms. The van der Waals surface area contributed by atoms with Gasteiger partial charge >= 0.3 is 0 Å². The van der Waals surface area contributed by atoms with E-state index >= 15 is 0 Å². The minimum atomic E-state index is 0.338. The summed E-state index contributed by atoms with van der Waals surface area (Å²) in [6.45, 7) is 2.13. The van der Waals surface area contributed by atoms with Crippen molar-refractivity contribution in [2.24, 2.45) is 0 Å². The van der Waals surface area contributed by atoms with Gasteiger partial charge in [0.1, 0.15) is 5.75 Å². The number of benzene rings is 1. The number of phenols is 1. The maximum atomic E-state index is 9.31. The summed E-state index contributed by atoms with van der Waals surface area (Å²) in [5, 5.41) is 12.3. The molecule has 0 fully saturated rings. The Labute approximate surface area is 73.2 Å². The molecule has 0 heterocycles. The molecular formula is C10H15NO. The molecule has 0 amide bonds. The van der Waals surface area contributed by atoms with Crippen LogP contribution in [0.2, 0.25) is 0 Å². The fraction of sp³-hybridized carbons (Fsp3) is 0.400. The molecule has 2 nitrogen and oxygen atoms in total. The summed E-state index contributed by atoms with van der Waals surface area (Å²) in [5.41, 5.74) is 2.15. The van der Waals surface area contributed by atoms with E-state index in [9.17, 15) is 5.11 Å². The van der Waals surface area contributed by atoms with Crippen LogP contribution in [0.4, 0.5) is 5.69 Å². The Morgan fingerprint density at radius 1 is 1.33 bits per heavy atom. The lowest BCUT2D eigenvalue weighted by atomic mass is 10.1. The average molecular weight is 165 g/mol. The highest BCUT2D eigenvalue weighted by molar-refractivity contribution is 5.50. The first-order valence-corrected chi connectivity index (χ1v) is 4.27. The van der Waals surface area contributed by atoms with Crippen molar-refractivity contribution in [2.75, 3.05) is 12.4 Å². The second-order valence-corrected chi connectivity index (χ2v) is 2.89. The third-order valence-electron chi connectivity index (χ3n) is 1.80. The number of anilines is 1. The molecule has 1 aromatic carbocycles. The Balaban J connectivity index is 2.90. The predicted molar refractivity (Wildman–Crippen MR) is 51.6 cm³/mol. The van der Waals surface area contributed by atoms with Gasteiger partial charge in [-0.05, 0) is 24.1 Å². The second kappa shape index (κ2) is 4.00. The van der Waals surface area contributed by atoms with Crippen LogP contribution in [0.5, 0.6) is 5.75 Å². The summed E-state index contributed by atoms with van der Waals surface area (Å²) < 4.78 is 0. The van der Waals surface area contributed by atoms with Crippen LogP contribution in [-0.4, -0.2) is 12.2 Å². The summed E-state index contributed by atoms with van der Waals surface area (Å²) in [5.74, 6) is 0.338. The second-order valence-electron chi connectivity index (χ2n) is 2.89. The summed E-state index contributed by atoms with van der Waals surface area (Å²) in [7, 11) is 1.85. The Bertz CT molecular complexity index is 258. The van der Waals surface area contributed by atoms with Gasteiger partial charge in [-0.15, -0.1) is 0 Å². The van der Waals surface area contributed by atoms with E-state index in [0.717, 1.165) is 18.5 Å². The zero-order chi connectivity index (χ0) is 8.97. The molecular weight excluding hydrogens is 150 g/mol. The van der Waals surface area contributed by atoms with E-state index in [1.807, 2.05) is 13.1 Å². The van der Waals surface area contributed by atoms with E-state index in [4.69, 9.17) is 0 Å². The zero-order valence-electron chi connectivity index (χ0n) is 7.59. The highest BCUT2D eigenvalue weighted by Gasteiger charge is 1.97. The van der Waals surface area contributed by atoms with Gasteiger partial charge in [-0.1, -0.05) is 13.3 Å². The number of hydrogen-bond donors (Lipinski definition) is 2. The fourth-order valence-electron chi connectivity index (χ4n) is 1.25. The van der Waals surface area contributed by atoms with Gasteiger partial charge in [-0.25, -0.2) is 0 Å². The van der Waals surface area contributed by atoms with E-state index in [2.05, 4.69) is 18.3 Å². The van der Waals surface area contributed by atoms with Gasteiger partial charge in [0.2, 0.25) is 0 Å². The van der Waals surface area contributed by atoms with E-state index in [1.54, 1.807) is 6.07 Å². The van der Waals surface area contributed by atoms with Crippen molar-refractivity contribution in [3.05, 3.63) is 23.8 Å². The van der Waals surface area contributed by atoms with Crippen LogP contribution in [0.25, 0.3) is 0 Å². The number of aromatic hydroxyl groups is 1. The molecule has 2 heteroatoms. The largest absolute Gasteiger partial charge is 0.508 e. The molecule has 0 aromatic heterocycles. The molecule has 0 bridgehead atoms. The molecule has 0 aliphatic rings. The summed E-state index contributed by atoms with van der Waals surface area (Å²) in [6.07, 6.45) is 2.12.